The Morgan fingerprint density at radius 1 is 1.25 bits per heavy atom. The van der Waals surface area contributed by atoms with Gasteiger partial charge in [-0.3, -0.25) is 4.79 Å². The highest BCUT2D eigenvalue weighted by Crippen LogP contribution is 2.39. The molecule has 4 heteroatoms. The normalized spacial score (nSPS) is 24.6. The maximum Gasteiger partial charge on any atom is 0.220 e. The van der Waals surface area contributed by atoms with Crippen molar-refractivity contribution >= 4 is 18.3 Å². The predicted molar refractivity (Wildman–Crippen MR) is 88.0 cm³/mol. The second-order valence-electron chi connectivity index (χ2n) is 7.40. The van der Waals surface area contributed by atoms with E-state index in [1.807, 2.05) is 6.92 Å². The van der Waals surface area contributed by atoms with Crippen LogP contribution in [0, 0.1) is 17.3 Å². The number of hydrogen-bond acceptors (Lipinski definition) is 2. The van der Waals surface area contributed by atoms with Crippen LogP contribution in [0.5, 0.6) is 0 Å². The first-order chi connectivity index (χ1) is 8.79. The van der Waals surface area contributed by atoms with E-state index < -0.39 is 0 Å². The van der Waals surface area contributed by atoms with E-state index in [4.69, 9.17) is 5.73 Å². The molecule has 1 aliphatic carbocycles. The first kappa shape index (κ1) is 19.7. The summed E-state index contributed by atoms with van der Waals surface area (Å²) in [5.41, 5.74) is 6.09. The Bertz CT molecular complexity index is 279. The lowest BCUT2D eigenvalue weighted by atomic mass is 9.70. The molecule has 1 amide bonds. The first-order valence-corrected chi connectivity index (χ1v) is 7.81. The number of halogens is 1. The van der Waals surface area contributed by atoms with Crippen LogP contribution in [0.3, 0.4) is 0 Å². The first-order valence-electron chi connectivity index (χ1n) is 7.81. The molecule has 0 bridgehead atoms. The van der Waals surface area contributed by atoms with Crippen LogP contribution in [0.2, 0.25) is 0 Å². The number of amides is 1. The van der Waals surface area contributed by atoms with Gasteiger partial charge in [-0.05, 0) is 56.3 Å². The van der Waals surface area contributed by atoms with Crippen molar-refractivity contribution in [3.05, 3.63) is 0 Å². The number of rotatable bonds is 5. The van der Waals surface area contributed by atoms with Crippen LogP contribution < -0.4 is 11.1 Å². The summed E-state index contributed by atoms with van der Waals surface area (Å²) in [7, 11) is 0. The van der Waals surface area contributed by atoms with Crippen molar-refractivity contribution in [2.24, 2.45) is 23.0 Å². The fraction of sp³-hybridized carbons (Fsp3) is 0.938. The highest BCUT2D eigenvalue weighted by molar-refractivity contribution is 5.85. The third-order valence-corrected chi connectivity index (χ3v) is 4.49. The van der Waals surface area contributed by atoms with Crippen LogP contribution in [0.25, 0.3) is 0 Å². The summed E-state index contributed by atoms with van der Waals surface area (Å²) in [6.07, 6.45) is 6.48. The molecule has 0 aromatic rings. The fourth-order valence-electron chi connectivity index (χ4n) is 2.94. The molecule has 3 nitrogen and oxygen atoms in total. The van der Waals surface area contributed by atoms with Crippen LogP contribution in [-0.2, 0) is 4.79 Å². The third kappa shape index (κ3) is 7.49. The van der Waals surface area contributed by atoms with E-state index in [0.717, 1.165) is 18.9 Å². The molecule has 0 heterocycles. The summed E-state index contributed by atoms with van der Waals surface area (Å²) in [5, 5.41) is 3.07. The summed E-state index contributed by atoms with van der Waals surface area (Å²) in [4.78, 5) is 11.6. The lowest BCUT2D eigenvalue weighted by molar-refractivity contribution is -0.121. The van der Waals surface area contributed by atoms with Gasteiger partial charge in [-0.1, -0.05) is 20.8 Å². The maximum absolute atomic E-state index is 11.6. The van der Waals surface area contributed by atoms with Gasteiger partial charge in [0.05, 0.1) is 0 Å². The Labute approximate surface area is 130 Å². The van der Waals surface area contributed by atoms with Gasteiger partial charge in [0.25, 0.3) is 0 Å². The molecular weight excluding hydrogens is 272 g/mol. The second kappa shape index (κ2) is 8.89. The van der Waals surface area contributed by atoms with Gasteiger partial charge in [0.2, 0.25) is 5.91 Å². The third-order valence-electron chi connectivity index (χ3n) is 4.49. The van der Waals surface area contributed by atoms with Gasteiger partial charge < -0.3 is 11.1 Å². The molecule has 1 fully saturated rings. The van der Waals surface area contributed by atoms with Gasteiger partial charge in [0, 0.05) is 19.0 Å². The van der Waals surface area contributed by atoms with E-state index in [0.29, 0.717) is 17.8 Å². The van der Waals surface area contributed by atoms with Crippen molar-refractivity contribution in [2.45, 2.75) is 72.3 Å². The van der Waals surface area contributed by atoms with Crippen molar-refractivity contribution < 1.29 is 4.79 Å². The van der Waals surface area contributed by atoms with Crippen LogP contribution >= 0.6 is 12.4 Å². The zero-order valence-electron chi connectivity index (χ0n) is 13.6. The Morgan fingerprint density at radius 3 is 2.25 bits per heavy atom. The molecule has 120 valence electrons. The quantitative estimate of drug-likeness (QED) is 0.816. The topological polar surface area (TPSA) is 55.1 Å². The van der Waals surface area contributed by atoms with E-state index in [9.17, 15) is 4.79 Å². The molecule has 1 atom stereocenters. The number of nitrogens with one attached hydrogen (secondary N) is 1. The largest absolute Gasteiger partial charge is 0.356 e. The molecule has 1 rings (SSSR count). The van der Waals surface area contributed by atoms with Crippen LogP contribution in [-0.4, -0.2) is 18.5 Å². The molecule has 1 aliphatic rings. The summed E-state index contributed by atoms with van der Waals surface area (Å²) in [6.45, 7) is 9.82. The zero-order chi connectivity index (χ0) is 14.5. The molecule has 0 spiro atoms. The number of nitrogens with two attached hydrogens (primary N) is 1. The van der Waals surface area contributed by atoms with Crippen molar-refractivity contribution in [3.8, 4) is 0 Å². The summed E-state index contributed by atoms with van der Waals surface area (Å²) < 4.78 is 0. The van der Waals surface area contributed by atoms with Gasteiger partial charge in [-0.25, -0.2) is 0 Å². The highest BCUT2D eigenvalue weighted by Gasteiger charge is 2.29. The molecule has 0 aromatic carbocycles. The lowest BCUT2D eigenvalue weighted by Crippen LogP contribution is -2.33. The van der Waals surface area contributed by atoms with Crippen molar-refractivity contribution in [1.82, 2.24) is 5.32 Å². The highest BCUT2D eigenvalue weighted by atomic mass is 35.5. The molecule has 0 radical (unpaired) electrons. The van der Waals surface area contributed by atoms with Gasteiger partial charge in [0.15, 0.2) is 0 Å². The molecule has 0 aliphatic heterocycles. The smallest absolute Gasteiger partial charge is 0.220 e. The minimum absolute atomic E-state index is 0. The van der Waals surface area contributed by atoms with Gasteiger partial charge in [0.1, 0.15) is 0 Å². The van der Waals surface area contributed by atoms with Crippen LogP contribution in [0.1, 0.15) is 66.2 Å². The monoisotopic (exact) mass is 304 g/mol. The van der Waals surface area contributed by atoms with Gasteiger partial charge in [-0.2, -0.15) is 0 Å². The fourth-order valence-corrected chi connectivity index (χ4v) is 2.94. The van der Waals surface area contributed by atoms with Crippen molar-refractivity contribution in [1.29, 1.82) is 0 Å². The van der Waals surface area contributed by atoms with E-state index in [-0.39, 0.29) is 24.4 Å². The van der Waals surface area contributed by atoms with E-state index >= 15 is 0 Å². The number of carbonyl (C=O) groups is 1. The Kier molecular flexibility index (Phi) is 8.76. The Balaban J connectivity index is 0.00000361. The Hall–Kier alpha value is -0.280. The summed E-state index contributed by atoms with van der Waals surface area (Å²) >= 11 is 0. The molecule has 3 N–H and O–H groups in total. The summed E-state index contributed by atoms with van der Waals surface area (Å²) in [6, 6.07) is 0.118. The predicted octanol–water partition coefficient (Wildman–Crippen LogP) is 3.50. The van der Waals surface area contributed by atoms with Crippen molar-refractivity contribution in [3.63, 3.8) is 0 Å². The van der Waals surface area contributed by atoms with Gasteiger partial charge in [-0.15, -0.1) is 12.4 Å². The Morgan fingerprint density at radius 2 is 1.80 bits per heavy atom. The van der Waals surface area contributed by atoms with E-state index in [2.05, 4.69) is 26.1 Å². The maximum atomic E-state index is 11.6. The second-order valence-corrected chi connectivity index (χ2v) is 7.40. The van der Waals surface area contributed by atoms with E-state index in [1.165, 1.54) is 25.7 Å². The number of hydrogen-bond donors (Lipinski definition) is 2. The van der Waals surface area contributed by atoms with Crippen LogP contribution in [0.4, 0.5) is 0 Å². The molecule has 0 saturated heterocycles. The number of carbonyl (C=O) groups excluding carboxylic acids is 1. The minimum Gasteiger partial charge on any atom is -0.356 e. The van der Waals surface area contributed by atoms with Gasteiger partial charge >= 0.3 is 0 Å². The standard InChI is InChI=1S/C16H32N2O.ClH/c1-12(17)5-10-15(19)18-11-13-6-8-14(9-7-13)16(2,3)4;/h12-14H,5-11,17H2,1-4H3,(H,18,19);1H. The molecular formula is C16H33ClN2O. The molecule has 1 unspecified atom stereocenters. The average Bonchev–Trinajstić information content (AvgIpc) is 2.33. The summed E-state index contributed by atoms with van der Waals surface area (Å²) in [5.74, 6) is 1.69. The molecule has 0 aromatic heterocycles. The molecule has 1 saturated carbocycles. The van der Waals surface area contributed by atoms with Crippen LogP contribution in [0.15, 0.2) is 0 Å². The SMILES string of the molecule is CC(N)CCC(=O)NCC1CCC(C(C)(C)C)CC1.Cl. The lowest BCUT2D eigenvalue weighted by Gasteiger charge is -2.37. The van der Waals surface area contributed by atoms with E-state index in [1.54, 1.807) is 0 Å². The average molecular weight is 305 g/mol. The molecule has 20 heavy (non-hydrogen) atoms. The zero-order valence-corrected chi connectivity index (χ0v) is 14.4. The minimum atomic E-state index is 0. The van der Waals surface area contributed by atoms with Crippen molar-refractivity contribution in [2.75, 3.05) is 6.54 Å².